The lowest BCUT2D eigenvalue weighted by atomic mass is 10.0. The maximum atomic E-state index is 12.5. The molecule has 0 aliphatic heterocycles. The van der Waals surface area contributed by atoms with Crippen LogP contribution in [0.1, 0.15) is 27.2 Å². The Bertz CT molecular complexity index is 1060. The van der Waals surface area contributed by atoms with Crippen molar-refractivity contribution in [2.24, 2.45) is 0 Å². The second kappa shape index (κ2) is 7.86. The largest absolute Gasteiger partial charge is 0.480 e. The third-order valence-electron chi connectivity index (χ3n) is 4.39. The van der Waals surface area contributed by atoms with Gasteiger partial charge in [-0.05, 0) is 38.5 Å². The monoisotopic (exact) mass is 397 g/mol. The van der Waals surface area contributed by atoms with Gasteiger partial charge in [0.1, 0.15) is 6.54 Å². The first-order valence-electron chi connectivity index (χ1n) is 8.71. The topological polar surface area (TPSA) is 84.2 Å². The molecule has 6 nitrogen and oxygen atoms in total. The first-order valence-corrected chi connectivity index (χ1v) is 9.09. The number of aryl methyl sites for hydroxylation is 2. The summed E-state index contributed by atoms with van der Waals surface area (Å²) in [6, 6.07) is 13.5. The van der Waals surface area contributed by atoms with Crippen LogP contribution in [-0.4, -0.2) is 33.3 Å². The molecule has 3 aromatic rings. The molecule has 2 N–H and O–H groups in total. The Labute approximate surface area is 167 Å². The van der Waals surface area contributed by atoms with Crippen LogP contribution in [0.15, 0.2) is 42.5 Å². The molecule has 7 heteroatoms. The highest BCUT2D eigenvalue weighted by Gasteiger charge is 2.23. The summed E-state index contributed by atoms with van der Waals surface area (Å²) in [5.41, 5.74) is 5.17. The fraction of sp³-hybridized carbons (Fsp3) is 0.190. The number of nitrogens with one attached hydrogen (secondary N) is 1. The zero-order chi connectivity index (χ0) is 20.4. The van der Waals surface area contributed by atoms with Gasteiger partial charge in [-0.25, -0.2) is 4.68 Å². The molecule has 0 saturated heterocycles. The molecule has 3 rings (SSSR count). The molecule has 0 unspecified atom stereocenters. The van der Waals surface area contributed by atoms with E-state index in [1.165, 1.54) is 0 Å². The van der Waals surface area contributed by atoms with Gasteiger partial charge in [-0.15, -0.1) is 0 Å². The van der Waals surface area contributed by atoms with E-state index in [9.17, 15) is 9.59 Å². The normalized spacial score (nSPS) is 10.7. The van der Waals surface area contributed by atoms with Crippen molar-refractivity contribution in [1.82, 2.24) is 15.1 Å². The Kier molecular flexibility index (Phi) is 5.51. The van der Waals surface area contributed by atoms with Gasteiger partial charge in [-0.3, -0.25) is 9.59 Å². The van der Waals surface area contributed by atoms with Gasteiger partial charge in [0.05, 0.1) is 16.4 Å². The molecule has 0 aliphatic rings. The Morgan fingerprint density at radius 1 is 1.07 bits per heavy atom. The lowest BCUT2D eigenvalue weighted by Crippen LogP contribution is -2.30. The molecular weight excluding hydrogens is 378 g/mol. The van der Waals surface area contributed by atoms with Crippen LogP contribution in [0.5, 0.6) is 0 Å². The van der Waals surface area contributed by atoms with Crippen LogP contribution in [-0.2, 0) is 4.79 Å². The molecule has 1 heterocycles. The number of carboxylic acid groups (broad SMARTS) is 1. The van der Waals surface area contributed by atoms with Crippen LogP contribution in [0.4, 0.5) is 0 Å². The number of benzene rings is 2. The van der Waals surface area contributed by atoms with Crippen molar-refractivity contribution in [3.05, 3.63) is 69.9 Å². The fourth-order valence-electron chi connectivity index (χ4n) is 2.96. The van der Waals surface area contributed by atoms with E-state index in [0.717, 1.165) is 22.4 Å². The minimum atomic E-state index is -1.12. The molecule has 0 spiro atoms. The Morgan fingerprint density at radius 2 is 1.71 bits per heavy atom. The van der Waals surface area contributed by atoms with Gasteiger partial charge in [0.15, 0.2) is 5.69 Å². The summed E-state index contributed by atoms with van der Waals surface area (Å²) >= 11 is 6.45. The van der Waals surface area contributed by atoms with Gasteiger partial charge in [0.25, 0.3) is 5.91 Å². The second-order valence-corrected chi connectivity index (χ2v) is 7.04. The van der Waals surface area contributed by atoms with Crippen molar-refractivity contribution >= 4 is 23.5 Å². The van der Waals surface area contributed by atoms with E-state index in [2.05, 4.69) is 10.4 Å². The number of carbonyl (C=O) groups is 2. The predicted molar refractivity (Wildman–Crippen MR) is 108 cm³/mol. The third-order valence-corrected chi connectivity index (χ3v) is 4.70. The molecule has 1 amide bonds. The summed E-state index contributed by atoms with van der Waals surface area (Å²) in [6.07, 6.45) is 0. The van der Waals surface area contributed by atoms with E-state index in [1.54, 1.807) is 11.6 Å². The van der Waals surface area contributed by atoms with Crippen molar-refractivity contribution in [3.63, 3.8) is 0 Å². The van der Waals surface area contributed by atoms with Crippen LogP contribution in [0, 0.1) is 20.8 Å². The van der Waals surface area contributed by atoms with Crippen molar-refractivity contribution in [2.45, 2.75) is 20.8 Å². The van der Waals surface area contributed by atoms with E-state index in [0.29, 0.717) is 16.3 Å². The number of nitrogens with zero attached hydrogens (tertiary/aromatic N) is 2. The summed E-state index contributed by atoms with van der Waals surface area (Å²) < 4.78 is 1.64. The molecule has 0 bridgehead atoms. The molecule has 0 fully saturated rings. The quantitative estimate of drug-likeness (QED) is 0.683. The summed E-state index contributed by atoms with van der Waals surface area (Å²) in [5.74, 6) is -1.67. The second-order valence-electron chi connectivity index (χ2n) is 6.63. The Morgan fingerprint density at radius 3 is 2.32 bits per heavy atom. The minimum Gasteiger partial charge on any atom is -0.480 e. The van der Waals surface area contributed by atoms with E-state index in [1.807, 2.05) is 56.3 Å². The first kappa shape index (κ1) is 19.6. The van der Waals surface area contributed by atoms with Gasteiger partial charge in [0, 0.05) is 11.1 Å². The van der Waals surface area contributed by atoms with Gasteiger partial charge >= 0.3 is 5.97 Å². The maximum Gasteiger partial charge on any atom is 0.322 e. The lowest BCUT2D eigenvalue weighted by molar-refractivity contribution is -0.135. The number of hydrogen-bond donors (Lipinski definition) is 2. The molecular formula is C21H20ClN3O3. The van der Waals surface area contributed by atoms with E-state index in [4.69, 9.17) is 16.7 Å². The van der Waals surface area contributed by atoms with Crippen LogP contribution in [0.3, 0.4) is 0 Å². The third kappa shape index (κ3) is 3.92. The van der Waals surface area contributed by atoms with Crippen LogP contribution >= 0.6 is 11.6 Å². The summed E-state index contributed by atoms with van der Waals surface area (Å²) in [7, 11) is 0. The number of aliphatic carboxylic acids is 1. The summed E-state index contributed by atoms with van der Waals surface area (Å²) in [4.78, 5) is 23.3. The molecule has 0 radical (unpaired) electrons. The lowest BCUT2D eigenvalue weighted by Gasteiger charge is -2.11. The Balaban J connectivity index is 2.18. The van der Waals surface area contributed by atoms with Crippen LogP contribution in [0.2, 0.25) is 5.02 Å². The molecule has 28 heavy (non-hydrogen) atoms. The number of rotatable bonds is 5. The van der Waals surface area contributed by atoms with Gasteiger partial charge in [0.2, 0.25) is 0 Å². The first-order chi connectivity index (χ1) is 13.3. The standard InChI is InChI=1S/C21H20ClN3O3/c1-12-4-7-15(8-5-12)20-14(3)19(21(28)23-11-18(26)27)24-25(20)17-9-6-13(2)10-16(17)22/h4-10H,11H2,1-3H3,(H,23,28)(H,26,27). The zero-order valence-corrected chi connectivity index (χ0v) is 16.5. The van der Waals surface area contributed by atoms with E-state index >= 15 is 0 Å². The van der Waals surface area contributed by atoms with Gasteiger partial charge in [-0.2, -0.15) is 5.10 Å². The van der Waals surface area contributed by atoms with Crippen LogP contribution in [0.25, 0.3) is 16.9 Å². The average molecular weight is 398 g/mol. The molecule has 0 atom stereocenters. The summed E-state index contributed by atoms with van der Waals surface area (Å²) in [6.45, 7) is 5.25. The highest BCUT2D eigenvalue weighted by molar-refractivity contribution is 6.32. The smallest absolute Gasteiger partial charge is 0.322 e. The predicted octanol–water partition coefficient (Wildman–Crippen LogP) is 3.93. The SMILES string of the molecule is Cc1ccc(-c2c(C)c(C(=O)NCC(=O)O)nn2-c2ccc(C)cc2Cl)cc1. The van der Waals surface area contributed by atoms with Crippen molar-refractivity contribution in [2.75, 3.05) is 6.54 Å². The fourth-order valence-corrected chi connectivity index (χ4v) is 3.27. The minimum absolute atomic E-state index is 0.161. The van der Waals surface area contributed by atoms with Crippen molar-refractivity contribution in [1.29, 1.82) is 0 Å². The van der Waals surface area contributed by atoms with E-state index < -0.39 is 18.4 Å². The maximum absolute atomic E-state index is 12.5. The molecule has 1 aromatic heterocycles. The molecule has 144 valence electrons. The number of hydrogen-bond acceptors (Lipinski definition) is 3. The highest BCUT2D eigenvalue weighted by Crippen LogP contribution is 2.32. The number of carboxylic acids is 1. The van der Waals surface area contributed by atoms with Gasteiger partial charge < -0.3 is 10.4 Å². The average Bonchev–Trinajstić information content (AvgIpc) is 2.97. The Hall–Kier alpha value is -3.12. The van der Waals surface area contributed by atoms with Crippen molar-refractivity contribution in [3.8, 4) is 16.9 Å². The van der Waals surface area contributed by atoms with Crippen LogP contribution < -0.4 is 5.32 Å². The number of carbonyl (C=O) groups excluding carboxylic acids is 1. The molecule has 0 aliphatic carbocycles. The highest BCUT2D eigenvalue weighted by atomic mass is 35.5. The van der Waals surface area contributed by atoms with Gasteiger partial charge in [-0.1, -0.05) is 47.5 Å². The van der Waals surface area contributed by atoms with Crippen molar-refractivity contribution < 1.29 is 14.7 Å². The zero-order valence-electron chi connectivity index (χ0n) is 15.8. The number of amides is 1. The van der Waals surface area contributed by atoms with E-state index in [-0.39, 0.29) is 5.69 Å². The number of aromatic nitrogens is 2. The number of halogens is 1. The molecule has 0 saturated carbocycles. The molecule has 2 aromatic carbocycles. The summed E-state index contributed by atoms with van der Waals surface area (Å²) in [5, 5.41) is 16.2.